The Kier molecular flexibility index (Phi) is 4.12. The molecule has 1 aliphatic heterocycles. The van der Waals surface area contributed by atoms with E-state index in [9.17, 15) is 4.79 Å². The molecule has 0 bridgehead atoms. The molecule has 106 valence electrons. The van der Waals surface area contributed by atoms with Crippen molar-refractivity contribution in [3.05, 3.63) is 5.57 Å². The van der Waals surface area contributed by atoms with Crippen molar-refractivity contribution in [1.29, 1.82) is 0 Å². The summed E-state index contributed by atoms with van der Waals surface area (Å²) in [7, 11) is 0. The lowest BCUT2D eigenvalue weighted by Gasteiger charge is -2.34. The molecule has 0 atom stereocenters. The first-order chi connectivity index (χ1) is 8.91. The lowest BCUT2D eigenvalue weighted by atomic mass is 9.75. The number of allylic oxidation sites excluding steroid dienone is 1. The number of nitrogens with one attached hydrogen (secondary N) is 1. The molecule has 2 aliphatic rings. The first-order valence-corrected chi connectivity index (χ1v) is 7.18. The first-order valence-electron chi connectivity index (χ1n) is 7.18. The van der Waals surface area contributed by atoms with Gasteiger partial charge in [0, 0.05) is 5.41 Å². The van der Waals surface area contributed by atoms with Gasteiger partial charge in [-0.05, 0) is 77.4 Å². The summed E-state index contributed by atoms with van der Waals surface area (Å²) in [6.45, 7) is 7.64. The molecule has 1 spiro atoms. The van der Waals surface area contributed by atoms with Crippen LogP contribution in [0.25, 0.3) is 0 Å². The fourth-order valence-corrected chi connectivity index (χ4v) is 3.05. The van der Waals surface area contributed by atoms with E-state index in [0.717, 1.165) is 32.4 Å². The van der Waals surface area contributed by atoms with E-state index >= 15 is 0 Å². The highest BCUT2D eigenvalue weighted by Gasteiger charge is 2.39. The van der Waals surface area contributed by atoms with Crippen LogP contribution >= 0.6 is 0 Å². The van der Waals surface area contributed by atoms with Crippen LogP contribution in [0.1, 0.15) is 52.9 Å². The smallest absolute Gasteiger partial charge is 0.442 e. The van der Waals surface area contributed by atoms with E-state index in [-0.39, 0.29) is 5.41 Å². The molecule has 4 nitrogen and oxygen atoms in total. The Hall–Kier alpha value is -1.12. The van der Waals surface area contributed by atoms with Crippen molar-refractivity contribution in [3.63, 3.8) is 0 Å². The Morgan fingerprint density at radius 3 is 2.63 bits per heavy atom. The molecule has 2 fully saturated rings. The van der Waals surface area contributed by atoms with Gasteiger partial charge in [-0.1, -0.05) is 0 Å². The topological polar surface area (TPSA) is 50.7 Å². The number of ether oxygens (including phenoxy) is 1. The predicted molar refractivity (Wildman–Crippen MR) is 75.6 cm³/mol. The summed E-state index contributed by atoms with van der Waals surface area (Å²) in [6.07, 6.45) is 5.16. The van der Waals surface area contributed by atoms with Crippen molar-refractivity contribution in [1.82, 2.24) is 5.32 Å². The highest BCUT2D eigenvalue weighted by Crippen LogP contribution is 2.47. The van der Waals surface area contributed by atoms with Gasteiger partial charge in [0.15, 0.2) is 0 Å². The maximum absolute atomic E-state index is 11.6. The van der Waals surface area contributed by atoms with Gasteiger partial charge in [0.1, 0.15) is 5.60 Å². The van der Waals surface area contributed by atoms with Gasteiger partial charge in [-0.2, -0.15) is 0 Å². The van der Waals surface area contributed by atoms with Crippen LogP contribution in [0.3, 0.4) is 0 Å². The second kappa shape index (κ2) is 5.48. The Morgan fingerprint density at radius 1 is 1.32 bits per heavy atom. The van der Waals surface area contributed by atoms with Crippen LogP contribution in [0.4, 0.5) is 4.79 Å². The normalized spacial score (nSPS) is 22.2. The largest absolute Gasteiger partial charge is 0.442 e. The highest BCUT2D eigenvalue weighted by atomic mass is 16.6. The number of rotatable bonds is 0. The molecular weight excluding hydrogens is 240 g/mol. The number of hydrogen-bond donors (Lipinski definition) is 1. The van der Waals surface area contributed by atoms with E-state index in [2.05, 4.69) is 16.2 Å². The van der Waals surface area contributed by atoms with Gasteiger partial charge in [0.25, 0.3) is 0 Å². The second-order valence-corrected chi connectivity index (χ2v) is 6.57. The summed E-state index contributed by atoms with van der Waals surface area (Å²) in [5.74, 6) is 3.00. The van der Waals surface area contributed by atoms with Gasteiger partial charge in [-0.25, -0.2) is 4.79 Å². The Morgan fingerprint density at radius 2 is 2.00 bits per heavy atom. The second-order valence-electron chi connectivity index (χ2n) is 6.57. The lowest BCUT2D eigenvalue weighted by Crippen LogP contribution is -2.36. The Labute approximate surface area is 115 Å². The summed E-state index contributed by atoms with van der Waals surface area (Å²) < 4.78 is 5.18. The molecule has 0 aromatic rings. The van der Waals surface area contributed by atoms with Crippen LogP contribution in [0, 0.1) is 5.41 Å². The first kappa shape index (κ1) is 14.3. The van der Waals surface area contributed by atoms with Gasteiger partial charge in [-0.15, -0.1) is 4.99 Å². The SMILES string of the molecule is CC(C)(C)OC(=O)N=C=C1CCCC12CCNCC2. The van der Waals surface area contributed by atoms with Gasteiger partial charge in [0.05, 0.1) is 0 Å². The van der Waals surface area contributed by atoms with Gasteiger partial charge >= 0.3 is 6.09 Å². The zero-order chi connectivity index (χ0) is 13.9. The number of carbonyl (C=O) groups excluding carboxylic acids is 1. The maximum Gasteiger partial charge on any atom is 0.442 e. The van der Waals surface area contributed by atoms with Crippen molar-refractivity contribution in [2.45, 2.75) is 58.5 Å². The minimum absolute atomic E-state index is 0.247. The quantitative estimate of drug-likeness (QED) is 0.684. The van der Waals surface area contributed by atoms with Gasteiger partial charge < -0.3 is 10.1 Å². The molecule has 2 rings (SSSR count). The minimum Gasteiger partial charge on any atom is -0.442 e. The number of piperidine rings is 1. The van der Waals surface area contributed by atoms with E-state index in [1.54, 1.807) is 0 Å². The van der Waals surface area contributed by atoms with Crippen LogP contribution < -0.4 is 5.32 Å². The molecule has 1 saturated heterocycles. The van der Waals surface area contributed by atoms with Crippen LogP contribution in [0.2, 0.25) is 0 Å². The number of hydrogen-bond acceptors (Lipinski definition) is 3. The molecule has 1 N–H and O–H groups in total. The van der Waals surface area contributed by atoms with Gasteiger partial charge in [0.2, 0.25) is 0 Å². The molecule has 1 amide bonds. The van der Waals surface area contributed by atoms with E-state index in [1.807, 2.05) is 20.8 Å². The monoisotopic (exact) mass is 264 g/mol. The summed E-state index contributed by atoms with van der Waals surface area (Å²) in [5.41, 5.74) is 0.978. The predicted octanol–water partition coefficient (Wildman–Crippen LogP) is 3.07. The Bertz CT molecular complexity index is 408. The van der Waals surface area contributed by atoms with Crippen molar-refractivity contribution in [2.75, 3.05) is 13.1 Å². The molecule has 19 heavy (non-hydrogen) atoms. The standard InChI is InChI=1S/C15H24N2O2/c1-14(2,3)19-13(18)17-11-12-5-4-6-15(12)7-9-16-10-8-15/h16H,4-10H2,1-3H3. The number of nitrogens with zero attached hydrogens (tertiary/aromatic N) is 1. The summed E-state index contributed by atoms with van der Waals surface area (Å²) in [6, 6.07) is 0. The van der Waals surface area contributed by atoms with Crippen molar-refractivity contribution >= 4 is 12.0 Å². The summed E-state index contributed by atoms with van der Waals surface area (Å²) >= 11 is 0. The maximum atomic E-state index is 11.6. The number of amides is 1. The van der Waals surface area contributed by atoms with Crippen molar-refractivity contribution in [2.24, 2.45) is 10.4 Å². The molecule has 4 heteroatoms. The third-order valence-corrected chi connectivity index (χ3v) is 3.96. The third kappa shape index (κ3) is 3.68. The average Bonchev–Trinajstić information content (AvgIpc) is 2.68. The Balaban J connectivity index is 2.11. The van der Waals surface area contributed by atoms with E-state index in [0.29, 0.717) is 0 Å². The molecular formula is C15H24N2O2. The summed E-state index contributed by atoms with van der Waals surface area (Å²) in [4.78, 5) is 15.5. The molecule has 0 aromatic carbocycles. The molecule has 1 saturated carbocycles. The van der Waals surface area contributed by atoms with Gasteiger partial charge in [-0.3, -0.25) is 0 Å². The van der Waals surface area contributed by atoms with E-state index in [1.165, 1.54) is 18.4 Å². The van der Waals surface area contributed by atoms with Crippen molar-refractivity contribution < 1.29 is 9.53 Å². The minimum atomic E-state index is -0.531. The lowest BCUT2D eigenvalue weighted by molar-refractivity contribution is 0.0605. The third-order valence-electron chi connectivity index (χ3n) is 3.96. The van der Waals surface area contributed by atoms with Crippen molar-refractivity contribution in [3.8, 4) is 0 Å². The van der Waals surface area contributed by atoms with Crippen LogP contribution in [-0.2, 0) is 4.74 Å². The highest BCUT2D eigenvalue weighted by molar-refractivity contribution is 5.79. The summed E-state index contributed by atoms with van der Waals surface area (Å²) in [5, 5.41) is 3.39. The number of carbonyl (C=O) groups is 1. The molecule has 1 heterocycles. The van der Waals surface area contributed by atoms with Crippen LogP contribution in [0.15, 0.2) is 10.6 Å². The fourth-order valence-electron chi connectivity index (χ4n) is 3.05. The zero-order valence-corrected chi connectivity index (χ0v) is 12.2. The molecule has 0 aromatic heterocycles. The van der Waals surface area contributed by atoms with E-state index < -0.39 is 11.7 Å². The van der Waals surface area contributed by atoms with Crippen LogP contribution in [-0.4, -0.2) is 30.7 Å². The average molecular weight is 264 g/mol. The molecule has 0 radical (unpaired) electrons. The number of aliphatic imine (C=N–C) groups is 1. The fraction of sp³-hybridized carbons (Fsp3) is 0.800. The zero-order valence-electron chi connectivity index (χ0n) is 12.2. The van der Waals surface area contributed by atoms with E-state index in [4.69, 9.17) is 4.74 Å². The van der Waals surface area contributed by atoms with Crippen LogP contribution in [0.5, 0.6) is 0 Å². The molecule has 1 aliphatic carbocycles. The molecule has 0 unspecified atom stereocenters.